The molecule has 0 aliphatic carbocycles. The SMILES string of the molecule is CCOC(=O)N1CCN(c2cc(C)nc(N(C)c3ccccc3)n2)CC1. The highest BCUT2D eigenvalue weighted by Crippen LogP contribution is 2.23. The van der Waals surface area contributed by atoms with Crippen molar-refractivity contribution < 1.29 is 9.53 Å². The molecule has 1 amide bonds. The minimum atomic E-state index is -0.240. The van der Waals surface area contributed by atoms with Crippen LogP contribution in [0.25, 0.3) is 0 Å². The van der Waals surface area contributed by atoms with E-state index in [0.717, 1.165) is 30.3 Å². The summed E-state index contributed by atoms with van der Waals surface area (Å²) >= 11 is 0. The second-order valence-corrected chi connectivity index (χ2v) is 6.24. The summed E-state index contributed by atoms with van der Waals surface area (Å²) in [4.78, 5) is 27.1. The van der Waals surface area contributed by atoms with E-state index in [1.165, 1.54) is 0 Å². The van der Waals surface area contributed by atoms with Gasteiger partial charge in [-0.2, -0.15) is 4.98 Å². The van der Waals surface area contributed by atoms with Crippen LogP contribution in [0.1, 0.15) is 12.6 Å². The second kappa shape index (κ2) is 8.03. The highest BCUT2D eigenvalue weighted by Gasteiger charge is 2.23. The summed E-state index contributed by atoms with van der Waals surface area (Å²) in [5.41, 5.74) is 1.96. The van der Waals surface area contributed by atoms with Crippen molar-refractivity contribution in [1.29, 1.82) is 0 Å². The van der Waals surface area contributed by atoms with E-state index in [9.17, 15) is 4.79 Å². The molecule has 2 heterocycles. The molecule has 0 atom stereocenters. The summed E-state index contributed by atoms with van der Waals surface area (Å²) < 4.78 is 5.08. The molecule has 1 aromatic heterocycles. The van der Waals surface area contributed by atoms with Gasteiger partial charge in [0.1, 0.15) is 5.82 Å². The molecule has 26 heavy (non-hydrogen) atoms. The van der Waals surface area contributed by atoms with Gasteiger partial charge in [-0.15, -0.1) is 0 Å². The summed E-state index contributed by atoms with van der Waals surface area (Å²) in [6, 6.07) is 12.0. The molecule has 1 saturated heterocycles. The summed E-state index contributed by atoms with van der Waals surface area (Å²) in [5, 5.41) is 0. The first-order chi connectivity index (χ1) is 12.6. The van der Waals surface area contributed by atoms with Gasteiger partial charge in [0.25, 0.3) is 0 Å². The van der Waals surface area contributed by atoms with E-state index in [1.54, 1.807) is 4.90 Å². The number of carbonyl (C=O) groups is 1. The van der Waals surface area contributed by atoms with Crippen molar-refractivity contribution in [2.75, 3.05) is 49.6 Å². The zero-order valence-corrected chi connectivity index (χ0v) is 15.6. The lowest BCUT2D eigenvalue weighted by Crippen LogP contribution is -2.49. The average Bonchev–Trinajstić information content (AvgIpc) is 2.68. The van der Waals surface area contributed by atoms with E-state index < -0.39 is 0 Å². The van der Waals surface area contributed by atoms with Crippen LogP contribution in [0.15, 0.2) is 36.4 Å². The lowest BCUT2D eigenvalue weighted by molar-refractivity contribution is 0.105. The number of hydrogen-bond acceptors (Lipinski definition) is 6. The molecule has 7 heteroatoms. The number of nitrogens with zero attached hydrogens (tertiary/aromatic N) is 5. The molecular formula is C19H25N5O2. The van der Waals surface area contributed by atoms with Crippen molar-refractivity contribution >= 4 is 23.5 Å². The van der Waals surface area contributed by atoms with Gasteiger partial charge >= 0.3 is 6.09 Å². The van der Waals surface area contributed by atoms with Crippen LogP contribution < -0.4 is 9.80 Å². The van der Waals surface area contributed by atoms with E-state index >= 15 is 0 Å². The Balaban J connectivity index is 1.74. The molecule has 1 aliphatic heterocycles. The van der Waals surface area contributed by atoms with Crippen LogP contribution in [0.2, 0.25) is 0 Å². The van der Waals surface area contributed by atoms with Gasteiger partial charge in [-0.05, 0) is 26.0 Å². The van der Waals surface area contributed by atoms with E-state index in [4.69, 9.17) is 9.72 Å². The highest BCUT2D eigenvalue weighted by molar-refractivity contribution is 5.68. The van der Waals surface area contributed by atoms with Crippen LogP contribution in [0, 0.1) is 6.92 Å². The summed E-state index contributed by atoms with van der Waals surface area (Å²) in [5.74, 6) is 1.55. The van der Waals surface area contributed by atoms with Crippen molar-refractivity contribution in [3.05, 3.63) is 42.1 Å². The molecule has 3 rings (SSSR count). The highest BCUT2D eigenvalue weighted by atomic mass is 16.6. The van der Waals surface area contributed by atoms with Crippen molar-refractivity contribution in [1.82, 2.24) is 14.9 Å². The number of amides is 1. The van der Waals surface area contributed by atoms with E-state index in [0.29, 0.717) is 25.6 Å². The molecule has 0 bridgehead atoms. The maximum atomic E-state index is 11.8. The van der Waals surface area contributed by atoms with Gasteiger partial charge in [0.05, 0.1) is 6.61 Å². The number of piperazine rings is 1. The van der Waals surface area contributed by atoms with Gasteiger partial charge in [0.15, 0.2) is 0 Å². The van der Waals surface area contributed by atoms with Crippen LogP contribution >= 0.6 is 0 Å². The summed E-state index contributed by atoms with van der Waals surface area (Å²) in [6.07, 6.45) is -0.240. The first-order valence-electron chi connectivity index (χ1n) is 8.89. The average molecular weight is 355 g/mol. The van der Waals surface area contributed by atoms with E-state index in [-0.39, 0.29) is 6.09 Å². The normalized spacial score (nSPS) is 14.3. The first-order valence-corrected chi connectivity index (χ1v) is 8.89. The third-order valence-corrected chi connectivity index (χ3v) is 4.40. The fraction of sp³-hybridized carbons (Fsp3) is 0.421. The Morgan fingerprint density at radius 3 is 2.50 bits per heavy atom. The number of aromatic nitrogens is 2. The number of anilines is 3. The molecular weight excluding hydrogens is 330 g/mol. The Morgan fingerprint density at radius 2 is 1.85 bits per heavy atom. The lowest BCUT2D eigenvalue weighted by Gasteiger charge is -2.35. The van der Waals surface area contributed by atoms with Crippen LogP contribution in [0.3, 0.4) is 0 Å². The molecule has 0 saturated carbocycles. The van der Waals surface area contributed by atoms with Gasteiger partial charge < -0.3 is 19.4 Å². The number of hydrogen-bond donors (Lipinski definition) is 0. The van der Waals surface area contributed by atoms with Crippen LogP contribution in [0.5, 0.6) is 0 Å². The maximum absolute atomic E-state index is 11.8. The van der Waals surface area contributed by atoms with Crippen molar-refractivity contribution in [3.63, 3.8) is 0 Å². The molecule has 2 aromatic rings. The van der Waals surface area contributed by atoms with E-state index in [1.807, 2.05) is 62.2 Å². The molecule has 7 nitrogen and oxygen atoms in total. The van der Waals surface area contributed by atoms with Gasteiger partial charge in [-0.3, -0.25) is 0 Å². The Morgan fingerprint density at radius 1 is 1.15 bits per heavy atom. The first kappa shape index (κ1) is 18.0. The van der Waals surface area contributed by atoms with Gasteiger partial charge in [-0.1, -0.05) is 18.2 Å². The number of aryl methyl sites for hydroxylation is 1. The Bertz CT molecular complexity index is 745. The Labute approximate surface area is 154 Å². The fourth-order valence-corrected chi connectivity index (χ4v) is 2.95. The molecule has 138 valence electrons. The number of ether oxygens (including phenoxy) is 1. The summed E-state index contributed by atoms with van der Waals surface area (Å²) in [6.45, 7) is 6.91. The molecule has 0 unspecified atom stereocenters. The number of para-hydroxylation sites is 1. The maximum Gasteiger partial charge on any atom is 0.409 e. The molecule has 1 aromatic carbocycles. The predicted molar refractivity (Wildman–Crippen MR) is 102 cm³/mol. The monoisotopic (exact) mass is 355 g/mol. The van der Waals surface area contributed by atoms with Crippen molar-refractivity contribution in [3.8, 4) is 0 Å². The van der Waals surface area contributed by atoms with Crippen LogP contribution in [-0.2, 0) is 4.74 Å². The molecule has 1 aliphatic rings. The second-order valence-electron chi connectivity index (χ2n) is 6.24. The van der Waals surface area contributed by atoms with Crippen LogP contribution in [0.4, 0.5) is 22.2 Å². The lowest BCUT2D eigenvalue weighted by atomic mass is 10.3. The molecule has 0 radical (unpaired) electrons. The van der Waals surface area contributed by atoms with Crippen molar-refractivity contribution in [2.45, 2.75) is 13.8 Å². The third kappa shape index (κ3) is 4.04. The quantitative estimate of drug-likeness (QED) is 0.840. The number of rotatable bonds is 4. The number of benzene rings is 1. The Hall–Kier alpha value is -2.83. The predicted octanol–water partition coefficient (Wildman–Crippen LogP) is 2.83. The zero-order chi connectivity index (χ0) is 18.5. The largest absolute Gasteiger partial charge is 0.450 e. The molecule has 0 N–H and O–H groups in total. The number of carbonyl (C=O) groups excluding carboxylic acids is 1. The topological polar surface area (TPSA) is 61.8 Å². The standard InChI is InChI=1S/C19H25N5O2/c1-4-26-19(25)24-12-10-23(11-13-24)17-14-15(2)20-18(21-17)22(3)16-8-6-5-7-9-16/h5-9,14H,4,10-13H2,1-3H3. The fourth-order valence-electron chi connectivity index (χ4n) is 2.95. The minimum absolute atomic E-state index is 0.240. The van der Waals surface area contributed by atoms with Crippen molar-refractivity contribution in [2.24, 2.45) is 0 Å². The third-order valence-electron chi connectivity index (χ3n) is 4.40. The minimum Gasteiger partial charge on any atom is -0.450 e. The van der Waals surface area contributed by atoms with E-state index in [2.05, 4.69) is 9.88 Å². The molecule has 1 fully saturated rings. The van der Waals surface area contributed by atoms with Gasteiger partial charge in [0, 0.05) is 50.7 Å². The smallest absolute Gasteiger partial charge is 0.409 e. The van der Waals surface area contributed by atoms with Gasteiger partial charge in [0.2, 0.25) is 5.95 Å². The van der Waals surface area contributed by atoms with Crippen LogP contribution in [-0.4, -0.2) is 60.8 Å². The zero-order valence-electron chi connectivity index (χ0n) is 15.6. The Kier molecular flexibility index (Phi) is 5.55. The summed E-state index contributed by atoms with van der Waals surface area (Å²) in [7, 11) is 1.96. The molecule has 0 spiro atoms. The van der Waals surface area contributed by atoms with Gasteiger partial charge in [-0.25, -0.2) is 9.78 Å².